The topological polar surface area (TPSA) is 97.6 Å². The maximum Gasteiger partial charge on any atom is 0.346 e. The van der Waals surface area contributed by atoms with Crippen LogP contribution < -0.4 is 21.0 Å². The lowest BCUT2D eigenvalue weighted by molar-refractivity contribution is -0.117. The fourth-order valence-corrected chi connectivity index (χ4v) is 3.11. The summed E-state index contributed by atoms with van der Waals surface area (Å²) in [7, 11) is 0. The van der Waals surface area contributed by atoms with Crippen LogP contribution >= 0.6 is 27.5 Å². The van der Waals surface area contributed by atoms with Crippen molar-refractivity contribution in [2.24, 2.45) is 0 Å². The first-order chi connectivity index (χ1) is 14.4. The van der Waals surface area contributed by atoms with Crippen LogP contribution in [0.5, 0.6) is 5.95 Å². The van der Waals surface area contributed by atoms with Crippen molar-refractivity contribution in [2.45, 2.75) is 13.0 Å². The zero-order valence-electron chi connectivity index (χ0n) is 15.9. The molecule has 9 heteroatoms. The minimum absolute atomic E-state index is 0.0531. The lowest BCUT2D eigenvalue weighted by atomic mass is 10.1. The van der Waals surface area contributed by atoms with E-state index in [0.29, 0.717) is 22.0 Å². The lowest BCUT2D eigenvalue weighted by Gasteiger charge is -2.15. The molecule has 1 atom stereocenters. The molecule has 0 spiro atoms. The van der Waals surface area contributed by atoms with Crippen molar-refractivity contribution < 1.29 is 18.7 Å². The molecule has 0 bridgehead atoms. The predicted octanol–water partition coefficient (Wildman–Crippen LogP) is 3.98. The molecule has 0 saturated carbocycles. The van der Waals surface area contributed by atoms with Gasteiger partial charge in [-0.15, -0.1) is 0 Å². The number of nitrogens with one attached hydrogen (secondary N) is 2. The van der Waals surface area contributed by atoms with E-state index in [1.54, 1.807) is 49.4 Å². The smallest absolute Gasteiger partial charge is 0.346 e. The van der Waals surface area contributed by atoms with Crippen LogP contribution in [0.2, 0.25) is 5.02 Å². The maximum atomic E-state index is 12.5. The molecular formula is C21H18BrClN2O5. The van der Waals surface area contributed by atoms with Gasteiger partial charge in [-0.1, -0.05) is 51.8 Å². The van der Waals surface area contributed by atoms with Crippen molar-refractivity contribution in [3.8, 4) is 5.95 Å². The van der Waals surface area contributed by atoms with Crippen LogP contribution in [0.4, 0.5) is 5.69 Å². The number of carbonyl (C=O) groups is 2. The molecule has 30 heavy (non-hydrogen) atoms. The Bertz CT molecular complexity index is 1130. The summed E-state index contributed by atoms with van der Waals surface area (Å²) in [4.78, 5) is 37.0. The number of rotatable bonds is 7. The van der Waals surface area contributed by atoms with E-state index in [1.807, 2.05) is 0 Å². The van der Waals surface area contributed by atoms with Crippen LogP contribution in [0.15, 0.2) is 57.7 Å². The number of anilines is 1. The van der Waals surface area contributed by atoms with Gasteiger partial charge in [0, 0.05) is 22.0 Å². The molecule has 1 heterocycles. The summed E-state index contributed by atoms with van der Waals surface area (Å²) in [5.74, 6) is -0.853. The number of ether oxygens (including phenoxy) is 1. The van der Waals surface area contributed by atoms with E-state index in [-0.39, 0.29) is 28.9 Å². The Morgan fingerprint density at radius 3 is 2.60 bits per heavy atom. The van der Waals surface area contributed by atoms with E-state index in [4.69, 9.17) is 20.8 Å². The first-order valence-electron chi connectivity index (χ1n) is 9.02. The first-order valence-corrected chi connectivity index (χ1v) is 10.5. The third-order valence-corrected chi connectivity index (χ3v) is 4.88. The second-order valence-electron chi connectivity index (χ2n) is 6.34. The Balaban J connectivity index is 1.75. The molecule has 1 aromatic heterocycles. The number of carbonyl (C=O) groups excluding carboxylic acids is 2. The van der Waals surface area contributed by atoms with Crippen LogP contribution in [0, 0.1) is 0 Å². The molecule has 3 aromatic rings. The van der Waals surface area contributed by atoms with Gasteiger partial charge in [0.1, 0.15) is 17.7 Å². The molecule has 0 saturated heterocycles. The summed E-state index contributed by atoms with van der Waals surface area (Å²) < 4.78 is 10.5. The third-order valence-electron chi connectivity index (χ3n) is 4.20. The van der Waals surface area contributed by atoms with Crippen LogP contribution in [0.3, 0.4) is 0 Å². The van der Waals surface area contributed by atoms with Gasteiger partial charge in [-0.05, 0) is 31.2 Å². The van der Waals surface area contributed by atoms with E-state index in [2.05, 4.69) is 26.6 Å². The van der Waals surface area contributed by atoms with Crippen LogP contribution in [-0.2, 0) is 4.79 Å². The number of alkyl halides is 1. The molecule has 156 valence electrons. The standard InChI is InChI=1S/C21H18BrClN2O5/c1-12(24-19(27)13-5-3-2-4-6-13)18(26)25-14-7-8-15-16(11-14)20(28)30-21(17(15)23)29-10-9-22/h2-8,11-12H,9-10H2,1H3,(H,24,27)(H,25,26)/t12-/m0/s1. The number of amides is 2. The van der Waals surface area contributed by atoms with E-state index in [1.165, 1.54) is 6.07 Å². The third kappa shape index (κ3) is 5.01. The van der Waals surface area contributed by atoms with Crippen molar-refractivity contribution >= 4 is 55.8 Å². The van der Waals surface area contributed by atoms with Gasteiger partial charge in [-0.3, -0.25) is 9.59 Å². The monoisotopic (exact) mass is 492 g/mol. The molecule has 0 fully saturated rings. The average Bonchev–Trinajstić information content (AvgIpc) is 2.75. The SMILES string of the molecule is C[C@H](NC(=O)c1ccccc1)C(=O)Nc1ccc2c(Cl)c(OCCBr)oc(=O)c2c1. The minimum Gasteiger partial charge on any atom is -0.463 e. The van der Waals surface area contributed by atoms with Crippen molar-refractivity contribution in [2.75, 3.05) is 17.3 Å². The second-order valence-corrected chi connectivity index (χ2v) is 7.51. The van der Waals surface area contributed by atoms with Gasteiger partial charge in [-0.2, -0.15) is 0 Å². The van der Waals surface area contributed by atoms with Gasteiger partial charge in [0.2, 0.25) is 5.91 Å². The Morgan fingerprint density at radius 1 is 1.17 bits per heavy atom. The number of benzene rings is 2. The highest BCUT2D eigenvalue weighted by Crippen LogP contribution is 2.31. The largest absolute Gasteiger partial charge is 0.463 e. The Morgan fingerprint density at radius 2 is 1.90 bits per heavy atom. The summed E-state index contributed by atoms with van der Waals surface area (Å²) in [5.41, 5.74) is 0.180. The van der Waals surface area contributed by atoms with Crippen molar-refractivity contribution in [1.82, 2.24) is 5.32 Å². The molecule has 2 N–H and O–H groups in total. The molecule has 2 amide bonds. The first kappa shape index (κ1) is 21.9. The Labute approximate surface area is 185 Å². The summed E-state index contributed by atoms with van der Waals surface area (Å²) in [5, 5.41) is 6.67. The fraction of sp³-hybridized carbons (Fsp3) is 0.190. The summed E-state index contributed by atoms with van der Waals surface area (Å²) in [6.45, 7) is 1.85. The van der Waals surface area contributed by atoms with Crippen LogP contribution in [-0.4, -0.2) is 29.8 Å². The predicted molar refractivity (Wildman–Crippen MR) is 119 cm³/mol. The number of hydrogen-bond acceptors (Lipinski definition) is 5. The molecule has 3 rings (SSSR count). The zero-order chi connectivity index (χ0) is 21.7. The summed E-state index contributed by atoms with van der Waals surface area (Å²) in [6.07, 6.45) is 0. The van der Waals surface area contributed by atoms with Crippen molar-refractivity contribution in [3.05, 3.63) is 69.5 Å². The van der Waals surface area contributed by atoms with Gasteiger partial charge in [0.05, 0.1) is 5.39 Å². The highest BCUT2D eigenvalue weighted by Gasteiger charge is 2.18. The minimum atomic E-state index is -0.798. The van der Waals surface area contributed by atoms with E-state index >= 15 is 0 Å². The highest BCUT2D eigenvalue weighted by atomic mass is 79.9. The molecule has 0 aliphatic carbocycles. The molecule has 0 aliphatic rings. The molecule has 2 aromatic carbocycles. The molecule has 7 nitrogen and oxygen atoms in total. The zero-order valence-corrected chi connectivity index (χ0v) is 18.2. The normalized spacial score (nSPS) is 11.7. The molecule has 0 unspecified atom stereocenters. The quantitative estimate of drug-likeness (QED) is 0.485. The van der Waals surface area contributed by atoms with Gasteiger partial charge in [0.15, 0.2) is 0 Å². The maximum absolute atomic E-state index is 12.5. The lowest BCUT2D eigenvalue weighted by Crippen LogP contribution is -2.41. The van der Waals surface area contributed by atoms with Crippen molar-refractivity contribution in [1.29, 1.82) is 0 Å². The summed E-state index contributed by atoms with van der Waals surface area (Å²) in [6, 6.07) is 12.4. The highest BCUT2D eigenvalue weighted by molar-refractivity contribution is 9.09. The van der Waals surface area contributed by atoms with Crippen LogP contribution in [0.1, 0.15) is 17.3 Å². The van der Waals surface area contributed by atoms with E-state index < -0.39 is 17.6 Å². The van der Waals surface area contributed by atoms with Gasteiger partial charge < -0.3 is 19.8 Å². The molecule has 0 radical (unpaired) electrons. The van der Waals surface area contributed by atoms with Crippen molar-refractivity contribution in [3.63, 3.8) is 0 Å². The van der Waals surface area contributed by atoms with E-state index in [0.717, 1.165) is 0 Å². The second kappa shape index (κ2) is 9.77. The van der Waals surface area contributed by atoms with Crippen LogP contribution in [0.25, 0.3) is 10.8 Å². The molecular weight excluding hydrogens is 476 g/mol. The Hall–Kier alpha value is -2.84. The number of fused-ring (bicyclic) bond motifs is 1. The fourth-order valence-electron chi connectivity index (χ4n) is 2.69. The number of hydrogen-bond donors (Lipinski definition) is 2. The van der Waals surface area contributed by atoms with E-state index in [9.17, 15) is 14.4 Å². The summed E-state index contributed by atoms with van der Waals surface area (Å²) >= 11 is 9.48. The average molecular weight is 494 g/mol. The Kier molecular flexibility index (Phi) is 7.12. The van der Waals surface area contributed by atoms with Gasteiger partial charge >= 0.3 is 11.6 Å². The van der Waals surface area contributed by atoms with Gasteiger partial charge in [-0.25, -0.2) is 4.79 Å². The molecule has 0 aliphatic heterocycles. The number of halogens is 2. The van der Waals surface area contributed by atoms with Gasteiger partial charge in [0.25, 0.3) is 5.91 Å².